The quantitative estimate of drug-likeness (QED) is 0.357. The maximum absolute atomic E-state index is 13.2. The van der Waals surface area contributed by atoms with Crippen LogP contribution in [0.1, 0.15) is 62.8 Å². The maximum Gasteiger partial charge on any atom is 0.458 e. The van der Waals surface area contributed by atoms with E-state index in [4.69, 9.17) is 9.47 Å². The molecule has 0 aromatic heterocycles. The van der Waals surface area contributed by atoms with E-state index in [1.807, 2.05) is 35.3 Å². The minimum absolute atomic E-state index is 0.0320. The number of hydrazone groups is 1. The number of hydrogen-bond acceptors (Lipinski definition) is 7. The molecule has 0 spiro atoms. The smallest absolute Gasteiger partial charge is 0.458 e. The Morgan fingerprint density at radius 3 is 2.28 bits per heavy atom. The minimum Gasteiger partial charge on any atom is -0.496 e. The van der Waals surface area contributed by atoms with Crippen LogP contribution in [0.4, 0.5) is 0 Å². The molecule has 0 amide bonds. The summed E-state index contributed by atoms with van der Waals surface area (Å²) in [5.41, 5.74) is 2.86. The molecule has 0 saturated carbocycles. The van der Waals surface area contributed by atoms with Crippen molar-refractivity contribution in [3.8, 4) is 11.5 Å². The first kappa shape index (κ1) is 28.4. The molecule has 208 valence electrons. The zero-order valence-corrected chi connectivity index (χ0v) is 23.7. The van der Waals surface area contributed by atoms with Crippen LogP contribution in [0, 0.1) is 0 Å². The zero-order valence-electron chi connectivity index (χ0n) is 23.7. The standard InChI is InChI=1S/C30H38N4O5/c1-7-31(8-2)21-16-17-32(18-21)34-29(30(36)37)26(23-13-10-9-12-22(23)20(3)4)28(33(34)19-35)27-24(38-5)14-11-15-25(27)39-6/h9-15,20-21,28H,7-8,16-18H2,1-6H3/p+1. The Morgan fingerprint density at radius 2 is 1.74 bits per heavy atom. The number of methoxy groups -OCH3 is 2. The number of hydrogen-bond donors (Lipinski definition) is 1. The number of isocyanates is 1. The molecule has 1 saturated heterocycles. The fourth-order valence-electron chi connectivity index (χ4n) is 6.02. The second-order valence-electron chi connectivity index (χ2n) is 10.1. The first-order chi connectivity index (χ1) is 18.8. The van der Waals surface area contributed by atoms with E-state index in [2.05, 4.69) is 38.7 Å². The van der Waals surface area contributed by atoms with E-state index >= 15 is 0 Å². The predicted octanol–water partition coefficient (Wildman–Crippen LogP) is 4.27. The molecular formula is C30H39N4O5+. The average molecular weight is 536 g/mol. The highest BCUT2D eigenvalue weighted by molar-refractivity contribution is 5.98. The first-order valence-corrected chi connectivity index (χ1v) is 13.6. The molecule has 2 aromatic carbocycles. The summed E-state index contributed by atoms with van der Waals surface area (Å²) in [6.45, 7) is 11.4. The number of carboxylic acids is 1. The number of rotatable bonds is 10. The van der Waals surface area contributed by atoms with E-state index in [0.717, 1.165) is 30.6 Å². The number of carbonyl (C=O) groups excluding carboxylic acids is 1. The molecule has 9 heteroatoms. The molecule has 0 radical (unpaired) electrons. The number of nitrogens with zero attached hydrogens (tertiary/aromatic N) is 4. The van der Waals surface area contributed by atoms with Gasteiger partial charge in [0.15, 0.2) is 0 Å². The molecule has 1 fully saturated rings. The van der Waals surface area contributed by atoms with Gasteiger partial charge in [-0.1, -0.05) is 63.1 Å². The summed E-state index contributed by atoms with van der Waals surface area (Å²) >= 11 is 0. The van der Waals surface area contributed by atoms with Crippen LogP contribution < -0.4 is 9.47 Å². The fraction of sp³-hybridized carbons (Fsp3) is 0.467. The van der Waals surface area contributed by atoms with Gasteiger partial charge < -0.3 is 14.6 Å². The normalized spacial score (nSPS) is 19.8. The van der Waals surface area contributed by atoms with E-state index in [0.29, 0.717) is 35.7 Å². The van der Waals surface area contributed by atoms with Crippen molar-refractivity contribution in [3.05, 3.63) is 64.9 Å². The molecule has 9 nitrogen and oxygen atoms in total. The third kappa shape index (κ3) is 5.05. The third-order valence-corrected chi connectivity index (χ3v) is 7.82. The number of benzene rings is 2. The molecule has 2 unspecified atom stereocenters. The Balaban J connectivity index is 2.02. The van der Waals surface area contributed by atoms with E-state index in [-0.39, 0.29) is 17.7 Å². The summed E-state index contributed by atoms with van der Waals surface area (Å²) in [5.74, 6) is -0.0155. The molecule has 2 atom stereocenters. The van der Waals surface area contributed by atoms with Gasteiger partial charge in [-0.15, -0.1) is 0 Å². The Morgan fingerprint density at radius 1 is 1.10 bits per heavy atom. The molecule has 2 heterocycles. The van der Waals surface area contributed by atoms with Crippen molar-refractivity contribution < 1.29 is 28.9 Å². The second-order valence-corrected chi connectivity index (χ2v) is 10.1. The van der Waals surface area contributed by atoms with Gasteiger partial charge in [-0.05, 0) is 53.4 Å². The highest BCUT2D eigenvalue weighted by Crippen LogP contribution is 2.50. The average Bonchev–Trinajstić information content (AvgIpc) is 3.55. The molecule has 2 aliphatic rings. The monoisotopic (exact) mass is 535 g/mol. The van der Waals surface area contributed by atoms with Crippen molar-refractivity contribution in [2.24, 2.45) is 0 Å². The van der Waals surface area contributed by atoms with Gasteiger partial charge in [0.05, 0.1) is 19.8 Å². The second kappa shape index (κ2) is 12.0. The van der Waals surface area contributed by atoms with Gasteiger partial charge in [0.25, 0.3) is 6.04 Å². The predicted molar refractivity (Wildman–Crippen MR) is 148 cm³/mol. The SMILES string of the molecule is CCN(CC)C1CCN(N2C(C(=O)O)=C(c3ccccc3C(C)C)C(c3c(OC)cccc3OC)[N+]2=C=O)C1. The van der Waals surface area contributed by atoms with Gasteiger partial charge in [-0.2, -0.15) is 9.80 Å². The van der Waals surface area contributed by atoms with Gasteiger partial charge in [0.1, 0.15) is 17.1 Å². The lowest BCUT2D eigenvalue weighted by atomic mass is 9.85. The fourth-order valence-corrected chi connectivity index (χ4v) is 6.02. The maximum atomic E-state index is 13.2. The number of carboxylic acid groups (broad SMARTS) is 1. The van der Waals surface area contributed by atoms with E-state index in [1.54, 1.807) is 26.4 Å². The molecule has 4 rings (SSSR count). The van der Waals surface area contributed by atoms with Gasteiger partial charge in [0, 0.05) is 19.1 Å². The van der Waals surface area contributed by atoms with Crippen molar-refractivity contribution in [1.29, 1.82) is 0 Å². The first-order valence-electron chi connectivity index (χ1n) is 13.6. The summed E-state index contributed by atoms with van der Waals surface area (Å²) in [7, 11) is 3.11. The van der Waals surface area contributed by atoms with Crippen LogP contribution in [0.5, 0.6) is 11.5 Å². The van der Waals surface area contributed by atoms with Crippen LogP contribution in [0.3, 0.4) is 0 Å². The van der Waals surface area contributed by atoms with Crippen LogP contribution >= 0.6 is 0 Å². The van der Waals surface area contributed by atoms with E-state index in [9.17, 15) is 14.7 Å². The van der Waals surface area contributed by atoms with Gasteiger partial charge in [-0.25, -0.2) is 4.79 Å². The Labute approximate surface area is 230 Å². The number of carbonyl (C=O) groups is 1. The van der Waals surface area contributed by atoms with Crippen LogP contribution in [0.2, 0.25) is 0 Å². The topological polar surface area (TPSA) is 85.6 Å². The van der Waals surface area contributed by atoms with Crippen LogP contribution in [-0.4, -0.2) is 83.3 Å². The number of likely N-dealkylation sites (N-methyl/N-ethyl adjacent to an activating group) is 1. The molecule has 1 N–H and O–H groups in total. The van der Waals surface area contributed by atoms with Crippen molar-refractivity contribution in [2.45, 2.75) is 52.1 Å². The van der Waals surface area contributed by atoms with Crippen LogP contribution in [0.15, 0.2) is 48.2 Å². The highest BCUT2D eigenvalue weighted by Gasteiger charge is 2.55. The summed E-state index contributed by atoms with van der Waals surface area (Å²) in [5, 5.41) is 14.2. The van der Waals surface area contributed by atoms with Crippen molar-refractivity contribution in [1.82, 2.24) is 15.0 Å². The largest absolute Gasteiger partial charge is 0.496 e. The third-order valence-electron chi connectivity index (χ3n) is 7.82. The van der Waals surface area contributed by atoms with Gasteiger partial charge in [-0.3, -0.25) is 4.90 Å². The van der Waals surface area contributed by atoms with Gasteiger partial charge >= 0.3 is 12.0 Å². The summed E-state index contributed by atoms with van der Waals surface area (Å²) in [4.78, 5) is 28.4. The van der Waals surface area contributed by atoms with Gasteiger partial charge in [0.2, 0.25) is 5.70 Å². The minimum atomic E-state index is -1.12. The molecule has 39 heavy (non-hydrogen) atoms. The van der Waals surface area contributed by atoms with Crippen LogP contribution in [0.25, 0.3) is 5.57 Å². The summed E-state index contributed by atoms with van der Waals surface area (Å²) in [6.07, 6.45) is 2.94. The Kier molecular flexibility index (Phi) is 8.75. The number of ether oxygens (including phenoxy) is 2. The highest BCUT2D eigenvalue weighted by atomic mass is 16.5. The zero-order chi connectivity index (χ0) is 28.3. The van der Waals surface area contributed by atoms with Crippen molar-refractivity contribution in [3.63, 3.8) is 0 Å². The van der Waals surface area contributed by atoms with Crippen molar-refractivity contribution >= 4 is 17.6 Å². The Hall–Kier alpha value is -3.65. The number of aliphatic carboxylic acids is 1. The molecule has 0 aliphatic carbocycles. The number of hydrazine groups is 2. The molecule has 0 bridgehead atoms. The van der Waals surface area contributed by atoms with E-state index < -0.39 is 12.0 Å². The molecule has 2 aliphatic heterocycles. The molecule has 2 aromatic rings. The van der Waals surface area contributed by atoms with Crippen LogP contribution in [-0.2, 0) is 9.59 Å². The summed E-state index contributed by atoms with van der Waals surface area (Å²) < 4.78 is 12.8. The van der Waals surface area contributed by atoms with Crippen molar-refractivity contribution in [2.75, 3.05) is 40.4 Å². The Bertz CT molecular complexity index is 1270. The summed E-state index contributed by atoms with van der Waals surface area (Å²) in [6, 6.07) is 12.6. The molecular weight excluding hydrogens is 496 g/mol. The lowest BCUT2D eigenvalue weighted by Gasteiger charge is -2.28. The lowest BCUT2D eigenvalue weighted by Crippen LogP contribution is -2.47. The lowest BCUT2D eigenvalue weighted by molar-refractivity contribution is -0.726. The van der Waals surface area contributed by atoms with E-state index in [1.165, 1.54) is 9.80 Å².